The van der Waals surface area contributed by atoms with E-state index in [2.05, 4.69) is 21.1 Å². The van der Waals surface area contributed by atoms with Crippen LogP contribution in [0.3, 0.4) is 0 Å². The molecule has 3 nitrogen and oxygen atoms in total. The van der Waals surface area contributed by atoms with Gasteiger partial charge in [0.1, 0.15) is 0 Å². The zero-order chi connectivity index (χ0) is 15.0. The Bertz CT molecular complexity index is 814. The Hall–Kier alpha value is -1.78. The van der Waals surface area contributed by atoms with E-state index in [1.54, 1.807) is 6.07 Å². The van der Waals surface area contributed by atoms with Crippen LogP contribution in [0.2, 0.25) is 5.02 Å². The number of nitrogens with zero attached hydrogens (tertiary/aromatic N) is 1. The van der Waals surface area contributed by atoms with Gasteiger partial charge in [0.05, 0.1) is 10.6 Å². The molecule has 0 atom stereocenters. The highest BCUT2D eigenvalue weighted by atomic mass is 79.9. The molecule has 0 spiro atoms. The first-order valence-electron chi connectivity index (χ1n) is 6.34. The second kappa shape index (κ2) is 5.54. The van der Waals surface area contributed by atoms with Crippen molar-refractivity contribution >= 4 is 33.3 Å². The number of nitrogen functional groups attached to an aromatic ring is 1. The molecule has 0 unspecified atom stereocenters. The maximum Gasteiger partial charge on any atom is 0.176 e. The zero-order valence-electron chi connectivity index (χ0n) is 11.2. The smallest absolute Gasteiger partial charge is 0.176 e. The number of hydrogen-bond donors (Lipinski definition) is 1. The summed E-state index contributed by atoms with van der Waals surface area (Å²) in [4.78, 5) is 0. The Kier molecular flexibility index (Phi) is 3.74. The van der Waals surface area contributed by atoms with Crippen LogP contribution in [0.5, 0.6) is 0 Å². The van der Waals surface area contributed by atoms with Crippen LogP contribution in [0.4, 0.5) is 5.82 Å². The predicted molar refractivity (Wildman–Crippen MR) is 89.2 cm³/mol. The third kappa shape index (κ3) is 2.57. The quantitative estimate of drug-likeness (QED) is 0.671. The number of anilines is 1. The van der Waals surface area contributed by atoms with E-state index >= 15 is 0 Å². The molecule has 0 saturated carbocycles. The summed E-state index contributed by atoms with van der Waals surface area (Å²) in [5.74, 6) is 1.02. The van der Waals surface area contributed by atoms with Gasteiger partial charge in [0.25, 0.3) is 0 Å². The lowest BCUT2D eigenvalue weighted by atomic mass is 9.98. The highest BCUT2D eigenvalue weighted by molar-refractivity contribution is 9.10. The van der Waals surface area contributed by atoms with Crippen molar-refractivity contribution in [2.75, 3.05) is 5.73 Å². The number of benzene rings is 2. The summed E-state index contributed by atoms with van der Waals surface area (Å²) in [6, 6.07) is 13.6. The zero-order valence-corrected chi connectivity index (χ0v) is 13.6. The Morgan fingerprint density at radius 3 is 2.67 bits per heavy atom. The molecule has 0 saturated heterocycles. The minimum absolute atomic E-state index is 0.380. The lowest BCUT2D eigenvalue weighted by molar-refractivity contribution is 0.436. The van der Waals surface area contributed by atoms with Crippen LogP contribution in [0.25, 0.3) is 22.5 Å². The summed E-state index contributed by atoms with van der Waals surface area (Å²) in [6.45, 7) is 2.03. The number of nitrogens with two attached hydrogens (primary N) is 1. The minimum Gasteiger partial charge on any atom is -0.380 e. The van der Waals surface area contributed by atoms with Crippen LogP contribution in [0.15, 0.2) is 51.5 Å². The standard InChI is InChI=1S/C16H12BrClN2O/c1-9-4-2-3-5-11(9)14-15(21-20-16(14)19)10-6-7-13(18)12(17)8-10/h2-8H,1H3,(H2,19,20). The van der Waals surface area contributed by atoms with Crippen molar-refractivity contribution in [2.24, 2.45) is 0 Å². The SMILES string of the molecule is Cc1ccccc1-c1c(N)noc1-c1ccc(Cl)c(Br)c1. The van der Waals surface area contributed by atoms with Gasteiger partial charge in [-0.2, -0.15) is 0 Å². The fourth-order valence-corrected chi connectivity index (χ4v) is 2.75. The van der Waals surface area contributed by atoms with Crippen LogP contribution < -0.4 is 5.73 Å². The molecule has 106 valence electrons. The third-order valence-corrected chi connectivity index (χ3v) is 4.53. The van der Waals surface area contributed by atoms with Gasteiger partial charge in [0, 0.05) is 10.0 Å². The van der Waals surface area contributed by atoms with Crippen molar-refractivity contribution in [1.82, 2.24) is 5.16 Å². The summed E-state index contributed by atoms with van der Waals surface area (Å²) < 4.78 is 6.25. The summed E-state index contributed by atoms with van der Waals surface area (Å²) >= 11 is 9.46. The molecule has 5 heteroatoms. The molecule has 0 bridgehead atoms. The maximum atomic E-state index is 6.04. The molecular weight excluding hydrogens is 352 g/mol. The molecule has 3 rings (SSSR count). The molecule has 0 fully saturated rings. The first-order chi connectivity index (χ1) is 10.1. The monoisotopic (exact) mass is 362 g/mol. The van der Waals surface area contributed by atoms with Gasteiger partial charge in [-0.1, -0.05) is 41.0 Å². The topological polar surface area (TPSA) is 52.0 Å². The summed E-state index contributed by atoms with van der Waals surface area (Å²) in [5.41, 5.74) is 9.81. The van der Waals surface area contributed by atoms with Crippen LogP contribution in [-0.4, -0.2) is 5.16 Å². The summed E-state index contributed by atoms with van der Waals surface area (Å²) in [6.07, 6.45) is 0. The molecule has 2 aromatic carbocycles. The summed E-state index contributed by atoms with van der Waals surface area (Å²) in [5, 5.41) is 4.56. The molecule has 21 heavy (non-hydrogen) atoms. The Morgan fingerprint density at radius 1 is 1.19 bits per heavy atom. The number of rotatable bonds is 2. The van der Waals surface area contributed by atoms with E-state index in [-0.39, 0.29) is 0 Å². The van der Waals surface area contributed by atoms with Crippen molar-refractivity contribution in [3.8, 4) is 22.5 Å². The van der Waals surface area contributed by atoms with E-state index in [1.807, 2.05) is 43.3 Å². The molecule has 3 aromatic rings. The number of aryl methyl sites for hydroxylation is 1. The molecular formula is C16H12BrClN2O. The largest absolute Gasteiger partial charge is 0.380 e. The minimum atomic E-state index is 0.380. The first-order valence-corrected chi connectivity index (χ1v) is 7.51. The predicted octanol–water partition coefficient (Wildman–Crippen LogP) is 5.32. The van der Waals surface area contributed by atoms with Crippen LogP contribution in [-0.2, 0) is 0 Å². The molecule has 0 radical (unpaired) electrons. The number of halogens is 2. The van der Waals surface area contributed by atoms with Gasteiger partial charge < -0.3 is 10.3 Å². The van der Waals surface area contributed by atoms with Crippen LogP contribution in [0.1, 0.15) is 5.56 Å². The molecule has 0 aliphatic rings. The van der Waals surface area contributed by atoms with E-state index in [1.165, 1.54) is 0 Å². The highest BCUT2D eigenvalue weighted by Gasteiger charge is 2.19. The van der Waals surface area contributed by atoms with Gasteiger partial charge in [-0.15, -0.1) is 0 Å². The van der Waals surface area contributed by atoms with Gasteiger partial charge in [-0.25, -0.2) is 0 Å². The Balaban J connectivity index is 2.22. The van der Waals surface area contributed by atoms with Crippen molar-refractivity contribution in [1.29, 1.82) is 0 Å². The third-order valence-electron chi connectivity index (χ3n) is 3.31. The second-order valence-corrected chi connectivity index (χ2v) is 5.98. The van der Waals surface area contributed by atoms with Crippen molar-refractivity contribution < 1.29 is 4.52 Å². The maximum absolute atomic E-state index is 6.04. The first kappa shape index (κ1) is 14.2. The molecule has 1 heterocycles. The van der Waals surface area contributed by atoms with Gasteiger partial charge >= 0.3 is 0 Å². The van der Waals surface area contributed by atoms with Gasteiger partial charge in [-0.05, 0) is 52.2 Å². The normalized spacial score (nSPS) is 10.8. The molecule has 0 aliphatic heterocycles. The van der Waals surface area contributed by atoms with E-state index in [0.717, 1.165) is 26.7 Å². The number of aromatic nitrogens is 1. The van der Waals surface area contributed by atoms with E-state index in [4.69, 9.17) is 21.9 Å². The van der Waals surface area contributed by atoms with E-state index in [0.29, 0.717) is 16.6 Å². The van der Waals surface area contributed by atoms with Gasteiger partial charge in [0.15, 0.2) is 11.6 Å². The van der Waals surface area contributed by atoms with Gasteiger partial charge in [-0.3, -0.25) is 0 Å². The lowest BCUT2D eigenvalue weighted by Gasteiger charge is -2.07. The Labute approximate surface area is 135 Å². The Morgan fingerprint density at radius 2 is 1.95 bits per heavy atom. The van der Waals surface area contributed by atoms with Crippen molar-refractivity contribution in [3.05, 3.63) is 57.5 Å². The second-order valence-electron chi connectivity index (χ2n) is 4.72. The fourth-order valence-electron chi connectivity index (χ4n) is 2.25. The van der Waals surface area contributed by atoms with Gasteiger partial charge in [0.2, 0.25) is 0 Å². The van der Waals surface area contributed by atoms with Crippen molar-refractivity contribution in [3.63, 3.8) is 0 Å². The number of hydrogen-bond acceptors (Lipinski definition) is 3. The van der Waals surface area contributed by atoms with Crippen molar-refractivity contribution in [2.45, 2.75) is 6.92 Å². The van der Waals surface area contributed by atoms with E-state index in [9.17, 15) is 0 Å². The van der Waals surface area contributed by atoms with Crippen LogP contribution >= 0.6 is 27.5 Å². The van der Waals surface area contributed by atoms with E-state index < -0.39 is 0 Å². The highest BCUT2D eigenvalue weighted by Crippen LogP contribution is 2.39. The molecule has 0 aliphatic carbocycles. The lowest BCUT2D eigenvalue weighted by Crippen LogP contribution is -1.91. The molecule has 1 aromatic heterocycles. The average Bonchev–Trinajstić information content (AvgIpc) is 2.84. The fraction of sp³-hybridized carbons (Fsp3) is 0.0625. The molecule has 0 amide bonds. The summed E-state index contributed by atoms with van der Waals surface area (Å²) in [7, 11) is 0. The molecule has 2 N–H and O–H groups in total. The average molecular weight is 364 g/mol. The van der Waals surface area contributed by atoms with Crippen LogP contribution in [0, 0.1) is 6.92 Å².